The van der Waals surface area contributed by atoms with Crippen molar-refractivity contribution >= 4 is 40.7 Å². The second-order valence-electron chi connectivity index (χ2n) is 1.16. The fourth-order valence-electron chi connectivity index (χ4n) is 0.225. The molecule has 0 aliphatic heterocycles. The van der Waals surface area contributed by atoms with E-state index in [2.05, 4.69) is 6.92 Å². The van der Waals surface area contributed by atoms with Crippen molar-refractivity contribution in [1.82, 2.24) is 0 Å². The summed E-state index contributed by atoms with van der Waals surface area (Å²) in [6.45, 7) is 1.82. The quantitative estimate of drug-likeness (QED) is 0.483. The highest BCUT2D eigenvalue weighted by Crippen LogP contribution is 2.53. The molecule has 0 aliphatic rings. The monoisotopic (exact) mass is 190 g/mol. The Hall–Kier alpha value is 1.36. The molecule has 0 aliphatic carbocycles. The molecular weight excluding hydrogens is 182 g/mol. The summed E-state index contributed by atoms with van der Waals surface area (Å²) in [6.07, 6.45) is 1.08. The SMILES string of the molecule is CCP(Cl)SCCCl. The van der Waals surface area contributed by atoms with Crippen LogP contribution in [0.3, 0.4) is 0 Å². The molecule has 0 saturated carbocycles. The summed E-state index contributed by atoms with van der Waals surface area (Å²) in [6, 6.07) is 0. The Kier molecular flexibility index (Phi) is 7.58. The molecule has 0 aromatic rings. The summed E-state index contributed by atoms with van der Waals surface area (Å²) in [5, 5.41) is 0. The molecule has 0 aromatic carbocycles. The Morgan fingerprint density at radius 1 is 1.62 bits per heavy atom. The lowest BCUT2D eigenvalue weighted by molar-refractivity contribution is 1.52. The molecular formula is C4H9Cl2PS. The standard InChI is InChI=1S/C4H9Cl2PS/c1-2-7(6)8-4-3-5/h2-4H2,1H3. The number of rotatable bonds is 4. The molecule has 50 valence electrons. The van der Waals surface area contributed by atoms with Crippen molar-refractivity contribution in [2.24, 2.45) is 0 Å². The largest absolute Gasteiger partial charge is 0.126 e. The van der Waals surface area contributed by atoms with E-state index in [0.29, 0.717) is 0 Å². The molecule has 0 radical (unpaired) electrons. The lowest BCUT2D eigenvalue weighted by atomic mass is 11.0. The summed E-state index contributed by atoms with van der Waals surface area (Å²) in [4.78, 5) is 0. The second kappa shape index (κ2) is 6.48. The van der Waals surface area contributed by atoms with Crippen LogP contribution in [-0.4, -0.2) is 17.8 Å². The van der Waals surface area contributed by atoms with Crippen LogP contribution >= 0.6 is 40.7 Å². The first kappa shape index (κ1) is 9.36. The van der Waals surface area contributed by atoms with Crippen molar-refractivity contribution in [3.05, 3.63) is 0 Å². The van der Waals surface area contributed by atoms with Gasteiger partial charge in [-0.25, -0.2) is 0 Å². The van der Waals surface area contributed by atoms with Crippen LogP contribution in [0.15, 0.2) is 0 Å². The van der Waals surface area contributed by atoms with Gasteiger partial charge in [0.2, 0.25) is 0 Å². The number of hydrogen-bond donors (Lipinski definition) is 0. The first-order valence-electron chi connectivity index (χ1n) is 2.43. The van der Waals surface area contributed by atoms with Crippen LogP contribution in [-0.2, 0) is 0 Å². The van der Waals surface area contributed by atoms with Crippen molar-refractivity contribution < 1.29 is 0 Å². The Bertz CT molecular complexity index is 53.3. The molecule has 4 heteroatoms. The summed E-state index contributed by atoms with van der Waals surface area (Å²) in [5.41, 5.74) is 0. The second-order valence-corrected chi connectivity index (χ2v) is 7.39. The Balaban J connectivity index is 2.86. The molecule has 0 spiro atoms. The van der Waals surface area contributed by atoms with E-state index in [1.165, 1.54) is 0 Å². The Morgan fingerprint density at radius 3 is 2.62 bits per heavy atom. The first-order chi connectivity index (χ1) is 3.81. The number of hydrogen-bond acceptors (Lipinski definition) is 1. The zero-order chi connectivity index (χ0) is 6.41. The normalized spacial score (nSPS) is 13.9. The minimum absolute atomic E-state index is 0.280. The minimum Gasteiger partial charge on any atom is -0.126 e. The van der Waals surface area contributed by atoms with Gasteiger partial charge < -0.3 is 0 Å². The van der Waals surface area contributed by atoms with E-state index < -0.39 is 0 Å². The van der Waals surface area contributed by atoms with Crippen molar-refractivity contribution in [1.29, 1.82) is 0 Å². The van der Waals surface area contributed by atoms with Crippen molar-refractivity contribution in [2.45, 2.75) is 6.92 Å². The van der Waals surface area contributed by atoms with Gasteiger partial charge >= 0.3 is 0 Å². The maximum atomic E-state index is 5.81. The van der Waals surface area contributed by atoms with Crippen molar-refractivity contribution in [3.63, 3.8) is 0 Å². The van der Waals surface area contributed by atoms with Crippen LogP contribution < -0.4 is 0 Å². The molecule has 0 aromatic heterocycles. The molecule has 0 rings (SSSR count). The van der Waals surface area contributed by atoms with E-state index in [1.807, 2.05) is 0 Å². The van der Waals surface area contributed by atoms with Gasteiger partial charge in [-0.1, -0.05) is 18.2 Å². The molecule has 0 saturated heterocycles. The minimum atomic E-state index is -0.280. The third-order valence-corrected chi connectivity index (χ3v) is 5.89. The molecule has 0 N–H and O–H groups in total. The van der Waals surface area contributed by atoms with Gasteiger partial charge in [0.1, 0.15) is 0 Å². The summed E-state index contributed by atoms with van der Waals surface area (Å²) >= 11 is 13.0. The molecule has 0 bridgehead atoms. The first-order valence-corrected chi connectivity index (χ1v) is 6.99. The smallest absolute Gasteiger partial charge is 0.0490 e. The summed E-state index contributed by atoms with van der Waals surface area (Å²) < 4.78 is 0. The molecule has 0 heterocycles. The van der Waals surface area contributed by atoms with Crippen LogP contribution in [0.2, 0.25) is 0 Å². The highest BCUT2D eigenvalue weighted by Gasteiger charge is 1.98. The van der Waals surface area contributed by atoms with E-state index in [0.717, 1.165) is 17.8 Å². The van der Waals surface area contributed by atoms with Gasteiger partial charge in [0, 0.05) is 18.1 Å². The lowest BCUT2D eigenvalue weighted by Crippen LogP contribution is -1.74. The van der Waals surface area contributed by atoms with Gasteiger partial charge in [0.15, 0.2) is 0 Å². The zero-order valence-corrected chi connectivity index (χ0v) is 7.96. The molecule has 8 heavy (non-hydrogen) atoms. The van der Waals surface area contributed by atoms with Crippen LogP contribution in [0.4, 0.5) is 0 Å². The van der Waals surface area contributed by atoms with Crippen LogP contribution in [0.5, 0.6) is 0 Å². The topological polar surface area (TPSA) is 0 Å². The average Bonchev–Trinajstić information content (AvgIpc) is 1.83. The zero-order valence-electron chi connectivity index (χ0n) is 4.73. The highest BCUT2D eigenvalue weighted by atomic mass is 35.7. The van der Waals surface area contributed by atoms with Gasteiger partial charge in [-0.2, -0.15) is 0 Å². The fraction of sp³-hybridized carbons (Fsp3) is 1.00. The maximum absolute atomic E-state index is 5.81. The van der Waals surface area contributed by atoms with Crippen LogP contribution in [0, 0.1) is 0 Å². The predicted molar refractivity (Wildman–Crippen MR) is 46.5 cm³/mol. The third kappa shape index (κ3) is 5.50. The Labute approximate surface area is 65.6 Å². The number of halogens is 2. The fourth-order valence-corrected chi connectivity index (χ4v) is 3.27. The van der Waals surface area contributed by atoms with Gasteiger partial charge in [0.25, 0.3) is 0 Å². The molecule has 1 unspecified atom stereocenters. The lowest BCUT2D eigenvalue weighted by Gasteiger charge is -2.01. The van der Waals surface area contributed by atoms with Crippen molar-refractivity contribution in [3.8, 4) is 0 Å². The van der Waals surface area contributed by atoms with Gasteiger partial charge in [-0.3, -0.25) is 0 Å². The summed E-state index contributed by atoms with van der Waals surface area (Å²) in [7, 11) is 0. The van der Waals surface area contributed by atoms with Crippen LogP contribution in [0.1, 0.15) is 6.92 Å². The maximum Gasteiger partial charge on any atom is 0.0490 e. The predicted octanol–water partition coefficient (Wildman–Crippen LogP) is 3.53. The third-order valence-electron chi connectivity index (χ3n) is 0.557. The van der Waals surface area contributed by atoms with Crippen LogP contribution in [0.25, 0.3) is 0 Å². The van der Waals surface area contributed by atoms with Gasteiger partial charge in [-0.15, -0.1) is 23.0 Å². The van der Waals surface area contributed by atoms with E-state index in [1.54, 1.807) is 11.4 Å². The summed E-state index contributed by atoms with van der Waals surface area (Å²) in [5.74, 6) is 1.71. The van der Waals surface area contributed by atoms with Gasteiger partial charge in [-0.05, 0) is 6.16 Å². The molecule has 0 amide bonds. The average molecular weight is 191 g/mol. The van der Waals surface area contributed by atoms with E-state index in [-0.39, 0.29) is 6.48 Å². The van der Waals surface area contributed by atoms with E-state index in [9.17, 15) is 0 Å². The molecule has 0 fully saturated rings. The Morgan fingerprint density at radius 2 is 2.25 bits per heavy atom. The van der Waals surface area contributed by atoms with E-state index >= 15 is 0 Å². The van der Waals surface area contributed by atoms with E-state index in [4.69, 9.17) is 22.8 Å². The highest BCUT2D eigenvalue weighted by molar-refractivity contribution is 8.62. The molecule has 1 atom stereocenters. The number of alkyl halides is 1. The van der Waals surface area contributed by atoms with Crippen molar-refractivity contribution in [2.75, 3.05) is 17.8 Å². The van der Waals surface area contributed by atoms with Gasteiger partial charge in [0.05, 0.1) is 0 Å². The molecule has 0 nitrogen and oxygen atoms in total.